The summed E-state index contributed by atoms with van der Waals surface area (Å²) in [5, 5.41) is 13.0. The Morgan fingerprint density at radius 2 is 2.08 bits per heavy atom. The highest BCUT2D eigenvalue weighted by molar-refractivity contribution is 7.86. The van der Waals surface area contributed by atoms with Gasteiger partial charge in [-0.05, 0) is 0 Å². The van der Waals surface area contributed by atoms with Gasteiger partial charge in [0.25, 0.3) is 10.2 Å². The number of nitrogens with two attached hydrogens (primary N) is 1. The Morgan fingerprint density at radius 3 is 2.33 bits per heavy atom. The van der Waals surface area contributed by atoms with Crippen LogP contribution in [0.15, 0.2) is 0 Å². The molecular formula is C5H12N2O4S. The first-order valence-electron chi connectivity index (χ1n) is 3.37. The van der Waals surface area contributed by atoms with Crippen molar-refractivity contribution in [2.24, 2.45) is 5.14 Å². The lowest BCUT2D eigenvalue weighted by molar-refractivity contribution is -0.137. The molecule has 0 atom stereocenters. The highest BCUT2D eigenvalue weighted by atomic mass is 32.2. The predicted molar refractivity (Wildman–Crippen MR) is 42.6 cm³/mol. The predicted octanol–water partition coefficient (Wildman–Crippen LogP) is -1.01. The number of hydrogen-bond acceptors (Lipinski definition) is 3. The molecular weight excluding hydrogens is 184 g/mol. The number of aliphatic carboxylic acids is 1. The molecule has 72 valence electrons. The fourth-order valence-corrected chi connectivity index (χ4v) is 1.39. The second kappa shape index (κ2) is 4.39. The Labute approximate surface area is 71.2 Å². The van der Waals surface area contributed by atoms with Gasteiger partial charge >= 0.3 is 5.97 Å². The third-order valence-electron chi connectivity index (χ3n) is 1.29. The fraction of sp³-hybridized carbons (Fsp3) is 0.800. The molecule has 12 heavy (non-hydrogen) atoms. The quantitative estimate of drug-likeness (QED) is 0.588. The maximum absolute atomic E-state index is 10.7. The lowest BCUT2D eigenvalue weighted by Crippen LogP contribution is -2.37. The minimum atomic E-state index is -3.74. The molecule has 0 aromatic carbocycles. The van der Waals surface area contributed by atoms with Crippen LogP contribution in [0, 0.1) is 0 Å². The van der Waals surface area contributed by atoms with E-state index < -0.39 is 16.2 Å². The van der Waals surface area contributed by atoms with E-state index in [0.717, 1.165) is 4.31 Å². The Hall–Kier alpha value is -0.660. The number of rotatable bonds is 5. The van der Waals surface area contributed by atoms with Gasteiger partial charge in [0.05, 0.1) is 6.42 Å². The molecule has 0 amide bonds. The van der Waals surface area contributed by atoms with Crippen LogP contribution in [0.2, 0.25) is 0 Å². The SMILES string of the molecule is CCN(CCC(=O)O)S(N)(=O)=O. The van der Waals surface area contributed by atoms with Crippen LogP contribution >= 0.6 is 0 Å². The number of carbonyl (C=O) groups is 1. The van der Waals surface area contributed by atoms with Gasteiger partial charge in [0.1, 0.15) is 0 Å². The first kappa shape index (κ1) is 11.3. The summed E-state index contributed by atoms with van der Waals surface area (Å²) in [5.74, 6) is -1.04. The van der Waals surface area contributed by atoms with Crippen LogP contribution in [-0.2, 0) is 15.0 Å². The zero-order valence-electron chi connectivity index (χ0n) is 6.73. The van der Waals surface area contributed by atoms with Crippen molar-refractivity contribution in [2.45, 2.75) is 13.3 Å². The minimum Gasteiger partial charge on any atom is -0.481 e. The summed E-state index contributed by atoms with van der Waals surface area (Å²) in [6.07, 6.45) is -0.232. The molecule has 0 saturated carbocycles. The lowest BCUT2D eigenvalue weighted by atomic mass is 10.4. The molecule has 0 aromatic heterocycles. The summed E-state index contributed by atoms with van der Waals surface area (Å²) in [6.45, 7) is 1.70. The summed E-state index contributed by atoms with van der Waals surface area (Å²) in [5.41, 5.74) is 0. The van der Waals surface area contributed by atoms with Crippen molar-refractivity contribution in [1.82, 2.24) is 4.31 Å². The molecule has 0 bridgehead atoms. The highest BCUT2D eigenvalue weighted by Crippen LogP contribution is 1.95. The van der Waals surface area contributed by atoms with Gasteiger partial charge in [0.15, 0.2) is 0 Å². The molecule has 6 nitrogen and oxygen atoms in total. The third kappa shape index (κ3) is 4.27. The summed E-state index contributed by atoms with van der Waals surface area (Å²) in [7, 11) is -3.74. The Balaban J connectivity index is 4.11. The second-order valence-corrected chi connectivity index (χ2v) is 3.73. The van der Waals surface area contributed by atoms with Crippen molar-refractivity contribution in [1.29, 1.82) is 0 Å². The van der Waals surface area contributed by atoms with E-state index in [0.29, 0.717) is 0 Å². The van der Waals surface area contributed by atoms with Crippen molar-refractivity contribution in [2.75, 3.05) is 13.1 Å². The summed E-state index contributed by atoms with van der Waals surface area (Å²) in [6, 6.07) is 0. The van der Waals surface area contributed by atoms with E-state index in [1.54, 1.807) is 6.92 Å². The average Bonchev–Trinajstić information content (AvgIpc) is 1.85. The number of carboxylic acid groups (broad SMARTS) is 1. The molecule has 0 rings (SSSR count). The molecule has 0 unspecified atom stereocenters. The van der Waals surface area contributed by atoms with E-state index in [1.807, 2.05) is 0 Å². The monoisotopic (exact) mass is 196 g/mol. The third-order valence-corrected chi connectivity index (χ3v) is 2.45. The molecule has 7 heteroatoms. The van der Waals surface area contributed by atoms with Crippen molar-refractivity contribution in [3.8, 4) is 0 Å². The highest BCUT2D eigenvalue weighted by Gasteiger charge is 2.15. The molecule has 0 aliphatic rings. The average molecular weight is 196 g/mol. The normalized spacial score (nSPS) is 11.9. The zero-order chi connectivity index (χ0) is 9.78. The Morgan fingerprint density at radius 1 is 1.58 bits per heavy atom. The van der Waals surface area contributed by atoms with Crippen molar-refractivity contribution in [3.63, 3.8) is 0 Å². The molecule has 0 aromatic rings. The van der Waals surface area contributed by atoms with E-state index in [9.17, 15) is 13.2 Å². The van der Waals surface area contributed by atoms with Crippen molar-refractivity contribution >= 4 is 16.2 Å². The van der Waals surface area contributed by atoms with Gasteiger partial charge in [-0.25, -0.2) is 5.14 Å². The van der Waals surface area contributed by atoms with Gasteiger partial charge in [-0.2, -0.15) is 12.7 Å². The molecule has 0 aliphatic heterocycles. The van der Waals surface area contributed by atoms with Gasteiger partial charge < -0.3 is 5.11 Å². The Kier molecular flexibility index (Phi) is 4.15. The summed E-state index contributed by atoms with van der Waals surface area (Å²) in [4.78, 5) is 10.1. The molecule has 0 radical (unpaired) electrons. The molecule has 3 N–H and O–H groups in total. The topological polar surface area (TPSA) is 101 Å². The van der Waals surface area contributed by atoms with Gasteiger partial charge in [-0.3, -0.25) is 4.79 Å². The van der Waals surface area contributed by atoms with Crippen LogP contribution in [0.1, 0.15) is 13.3 Å². The minimum absolute atomic E-state index is 0.0787. The molecule has 0 spiro atoms. The van der Waals surface area contributed by atoms with Gasteiger partial charge in [-0.1, -0.05) is 6.92 Å². The van der Waals surface area contributed by atoms with E-state index >= 15 is 0 Å². The number of carboxylic acids is 1. The zero-order valence-corrected chi connectivity index (χ0v) is 7.54. The summed E-state index contributed by atoms with van der Waals surface area (Å²) < 4.78 is 22.3. The lowest BCUT2D eigenvalue weighted by Gasteiger charge is -2.15. The van der Waals surface area contributed by atoms with E-state index in [-0.39, 0.29) is 19.5 Å². The van der Waals surface area contributed by atoms with Gasteiger partial charge in [0.2, 0.25) is 0 Å². The van der Waals surface area contributed by atoms with Gasteiger partial charge in [0, 0.05) is 13.1 Å². The largest absolute Gasteiger partial charge is 0.481 e. The van der Waals surface area contributed by atoms with Crippen LogP contribution in [0.5, 0.6) is 0 Å². The number of hydrogen-bond donors (Lipinski definition) is 2. The number of nitrogens with zero attached hydrogens (tertiary/aromatic N) is 1. The molecule has 0 heterocycles. The smallest absolute Gasteiger partial charge is 0.304 e. The standard InChI is InChI=1S/C5H12N2O4S/c1-2-7(12(6,10)11)4-3-5(8)9/h2-4H2,1H3,(H,8,9)(H2,6,10,11). The van der Waals surface area contributed by atoms with Crippen LogP contribution in [0.25, 0.3) is 0 Å². The van der Waals surface area contributed by atoms with E-state index in [1.165, 1.54) is 0 Å². The Bertz CT molecular complexity index is 248. The van der Waals surface area contributed by atoms with Crippen molar-refractivity contribution < 1.29 is 18.3 Å². The van der Waals surface area contributed by atoms with Crippen LogP contribution < -0.4 is 5.14 Å². The van der Waals surface area contributed by atoms with Crippen LogP contribution in [0.3, 0.4) is 0 Å². The van der Waals surface area contributed by atoms with Crippen LogP contribution in [-0.4, -0.2) is 36.9 Å². The van der Waals surface area contributed by atoms with E-state index in [2.05, 4.69) is 0 Å². The van der Waals surface area contributed by atoms with Crippen molar-refractivity contribution in [3.05, 3.63) is 0 Å². The first-order chi connectivity index (χ1) is 5.38. The molecule has 0 fully saturated rings. The molecule has 0 saturated heterocycles. The van der Waals surface area contributed by atoms with E-state index in [4.69, 9.17) is 10.2 Å². The maximum Gasteiger partial charge on any atom is 0.304 e. The maximum atomic E-state index is 10.7. The molecule has 0 aliphatic carbocycles. The first-order valence-corrected chi connectivity index (χ1v) is 4.88. The van der Waals surface area contributed by atoms with Gasteiger partial charge in [-0.15, -0.1) is 0 Å². The summed E-state index contributed by atoms with van der Waals surface area (Å²) >= 11 is 0. The fourth-order valence-electron chi connectivity index (χ4n) is 0.686. The second-order valence-electron chi connectivity index (χ2n) is 2.18. The van der Waals surface area contributed by atoms with Crippen LogP contribution in [0.4, 0.5) is 0 Å².